The minimum Gasteiger partial charge on any atom is -0.497 e. The van der Waals surface area contributed by atoms with E-state index in [1.54, 1.807) is 25.3 Å². The van der Waals surface area contributed by atoms with Gasteiger partial charge in [-0.1, -0.05) is 54.6 Å². The van der Waals surface area contributed by atoms with Crippen molar-refractivity contribution < 1.29 is 18.7 Å². The second-order valence-corrected chi connectivity index (χ2v) is 10.1. The van der Waals surface area contributed by atoms with E-state index in [9.17, 15) is 9.18 Å². The van der Waals surface area contributed by atoms with E-state index in [-0.39, 0.29) is 17.7 Å². The monoisotopic (exact) mass is 547 g/mol. The first-order valence-corrected chi connectivity index (χ1v) is 13.7. The van der Waals surface area contributed by atoms with E-state index in [0.717, 1.165) is 60.1 Å². The summed E-state index contributed by atoms with van der Waals surface area (Å²) in [6.45, 7) is 0. The van der Waals surface area contributed by atoms with Crippen LogP contribution in [0.15, 0.2) is 97.1 Å². The number of aryl methyl sites for hydroxylation is 3. The highest BCUT2D eigenvalue weighted by atomic mass is 19.1. The van der Waals surface area contributed by atoms with Crippen molar-refractivity contribution in [3.05, 3.63) is 142 Å². The number of halogens is 1. The van der Waals surface area contributed by atoms with Crippen molar-refractivity contribution in [3.8, 4) is 11.8 Å². The van der Waals surface area contributed by atoms with Crippen LogP contribution >= 0.6 is 0 Å². The van der Waals surface area contributed by atoms with Gasteiger partial charge >= 0.3 is 5.97 Å². The number of hydrogen-bond acceptors (Lipinski definition) is 4. The van der Waals surface area contributed by atoms with E-state index < -0.39 is 0 Å². The Labute approximate surface area is 241 Å². The zero-order valence-corrected chi connectivity index (χ0v) is 23.5. The van der Waals surface area contributed by atoms with E-state index in [1.807, 2.05) is 60.7 Å². The number of allylic oxidation sites excluding steroid dienone is 1. The van der Waals surface area contributed by atoms with Gasteiger partial charge in [0.15, 0.2) is 0 Å². The predicted octanol–water partition coefficient (Wildman–Crippen LogP) is 7.78. The summed E-state index contributed by atoms with van der Waals surface area (Å²) in [6, 6.07) is 30.3. The molecule has 1 atom stereocenters. The lowest BCUT2D eigenvalue weighted by Gasteiger charge is -2.15. The lowest BCUT2D eigenvalue weighted by Crippen LogP contribution is -2.05. The molecule has 0 heterocycles. The molecular weight excluding hydrogens is 513 g/mol. The van der Waals surface area contributed by atoms with Crippen LogP contribution in [-0.2, 0) is 30.4 Å². The third kappa shape index (κ3) is 8.65. The smallest absolute Gasteiger partial charge is 0.337 e. The molecule has 5 heteroatoms. The summed E-state index contributed by atoms with van der Waals surface area (Å²) in [4.78, 5) is 11.8. The molecule has 0 aliphatic heterocycles. The van der Waals surface area contributed by atoms with Crippen LogP contribution in [0.2, 0.25) is 0 Å². The number of carbonyl (C=O) groups excluding carboxylic acids is 1. The summed E-state index contributed by atoms with van der Waals surface area (Å²) in [5, 5.41) is 9.16. The Morgan fingerprint density at radius 1 is 0.854 bits per heavy atom. The summed E-state index contributed by atoms with van der Waals surface area (Å²) in [6.07, 6.45) is 8.32. The topological polar surface area (TPSA) is 59.3 Å². The normalized spacial score (nSPS) is 11.7. The number of ether oxygens (including phenoxy) is 2. The van der Waals surface area contributed by atoms with Gasteiger partial charge in [0.2, 0.25) is 0 Å². The fourth-order valence-electron chi connectivity index (χ4n) is 4.82. The van der Waals surface area contributed by atoms with Gasteiger partial charge in [0.25, 0.3) is 0 Å². The Hall–Kier alpha value is -4.69. The maximum Gasteiger partial charge on any atom is 0.337 e. The first kappa shape index (κ1) is 29.3. The molecule has 0 saturated carbocycles. The van der Waals surface area contributed by atoms with E-state index >= 15 is 0 Å². The van der Waals surface area contributed by atoms with Gasteiger partial charge in [0.05, 0.1) is 31.4 Å². The fourth-order valence-corrected chi connectivity index (χ4v) is 4.82. The van der Waals surface area contributed by atoms with Crippen LogP contribution in [0, 0.1) is 23.1 Å². The molecule has 41 heavy (non-hydrogen) atoms. The zero-order valence-electron chi connectivity index (χ0n) is 23.5. The molecule has 0 saturated heterocycles. The van der Waals surface area contributed by atoms with Crippen LogP contribution in [0.1, 0.15) is 50.2 Å². The van der Waals surface area contributed by atoms with Gasteiger partial charge in [0, 0.05) is 0 Å². The van der Waals surface area contributed by atoms with Crippen molar-refractivity contribution >= 4 is 12.0 Å². The average molecular weight is 548 g/mol. The molecule has 0 amide bonds. The maximum absolute atomic E-state index is 14.3. The molecule has 0 aliphatic rings. The van der Waals surface area contributed by atoms with Gasteiger partial charge in [-0.05, 0) is 114 Å². The van der Waals surface area contributed by atoms with Gasteiger partial charge in [0.1, 0.15) is 11.6 Å². The molecule has 0 aliphatic carbocycles. The van der Waals surface area contributed by atoms with Crippen molar-refractivity contribution in [1.29, 1.82) is 5.26 Å². The Bertz CT molecular complexity index is 1500. The second-order valence-electron chi connectivity index (χ2n) is 10.1. The van der Waals surface area contributed by atoms with Gasteiger partial charge in [-0.25, -0.2) is 9.18 Å². The molecule has 4 aromatic rings. The second kappa shape index (κ2) is 14.6. The molecule has 4 nitrogen and oxygen atoms in total. The van der Waals surface area contributed by atoms with Crippen LogP contribution in [-0.4, -0.2) is 20.2 Å². The highest BCUT2D eigenvalue weighted by Crippen LogP contribution is 2.22. The molecule has 0 fully saturated rings. The predicted molar refractivity (Wildman–Crippen MR) is 160 cm³/mol. The Morgan fingerprint density at radius 2 is 1.51 bits per heavy atom. The number of methoxy groups -OCH3 is 2. The molecular formula is C36H34FNO3. The molecule has 0 radical (unpaired) electrons. The van der Waals surface area contributed by atoms with Crippen LogP contribution in [0.5, 0.6) is 5.75 Å². The number of benzene rings is 4. The highest BCUT2D eigenvalue weighted by Gasteiger charge is 2.11. The minimum atomic E-state index is -0.351. The summed E-state index contributed by atoms with van der Waals surface area (Å²) < 4.78 is 24.4. The van der Waals surface area contributed by atoms with Crippen LogP contribution in [0.4, 0.5) is 4.39 Å². The molecule has 1 unspecified atom stereocenters. The lowest BCUT2D eigenvalue weighted by molar-refractivity contribution is 0.0600. The van der Waals surface area contributed by atoms with Crippen LogP contribution in [0.3, 0.4) is 0 Å². The van der Waals surface area contributed by atoms with Crippen molar-refractivity contribution in [3.63, 3.8) is 0 Å². The Morgan fingerprint density at radius 3 is 2.17 bits per heavy atom. The standard InChI is InChI=1S/C36H34FNO3/c1-40-35-21-13-27(14-22-35)9-15-31-19-20-34(37)24-33(31)18-12-29(23-28-5-7-30(25-38)8-6-28)4-3-26-10-16-32(17-11-26)36(39)41-2/h5-8,10-14,16-22,24,29H,3-4,9,15,23H2,1-2H3/b18-12+. The first-order chi connectivity index (χ1) is 20.0. The van der Waals surface area contributed by atoms with E-state index in [1.165, 1.54) is 18.7 Å². The third-order valence-corrected chi connectivity index (χ3v) is 7.26. The van der Waals surface area contributed by atoms with Crippen molar-refractivity contribution in [1.82, 2.24) is 0 Å². The van der Waals surface area contributed by atoms with Crippen LogP contribution < -0.4 is 4.74 Å². The third-order valence-electron chi connectivity index (χ3n) is 7.26. The zero-order chi connectivity index (χ0) is 29.0. The summed E-state index contributed by atoms with van der Waals surface area (Å²) in [5.41, 5.74) is 6.59. The molecule has 0 aromatic heterocycles. The van der Waals surface area contributed by atoms with Crippen molar-refractivity contribution in [2.24, 2.45) is 5.92 Å². The Balaban J connectivity index is 1.51. The van der Waals surface area contributed by atoms with E-state index in [2.05, 4.69) is 24.3 Å². The number of carbonyl (C=O) groups is 1. The summed E-state index contributed by atoms with van der Waals surface area (Å²) in [5.74, 6) is 0.399. The van der Waals surface area contributed by atoms with Crippen molar-refractivity contribution in [2.45, 2.75) is 32.1 Å². The first-order valence-electron chi connectivity index (χ1n) is 13.7. The lowest BCUT2D eigenvalue weighted by atomic mass is 9.90. The number of nitriles is 1. The SMILES string of the molecule is COC(=O)c1ccc(CCC(/C=C/c2cc(F)ccc2CCc2ccc(OC)cc2)Cc2ccc(C#N)cc2)cc1. The van der Waals surface area contributed by atoms with Gasteiger partial charge < -0.3 is 9.47 Å². The average Bonchev–Trinajstić information content (AvgIpc) is 3.02. The Kier molecular flexibility index (Phi) is 10.5. The number of hydrogen-bond donors (Lipinski definition) is 0. The van der Waals surface area contributed by atoms with Gasteiger partial charge in [-0.15, -0.1) is 0 Å². The molecule has 4 rings (SSSR count). The summed E-state index contributed by atoms with van der Waals surface area (Å²) >= 11 is 0. The van der Waals surface area contributed by atoms with E-state index in [0.29, 0.717) is 11.1 Å². The number of rotatable bonds is 12. The molecule has 0 bridgehead atoms. The number of nitrogens with zero attached hydrogens (tertiary/aromatic N) is 1. The largest absolute Gasteiger partial charge is 0.497 e. The molecule has 4 aromatic carbocycles. The van der Waals surface area contributed by atoms with E-state index in [4.69, 9.17) is 14.7 Å². The molecule has 208 valence electrons. The summed E-state index contributed by atoms with van der Waals surface area (Å²) in [7, 11) is 3.03. The molecule has 0 spiro atoms. The number of esters is 1. The molecule has 0 N–H and O–H groups in total. The maximum atomic E-state index is 14.3. The van der Waals surface area contributed by atoms with Gasteiger partial charge in [-0.3, -0.25) is 0 Å². The quantitative estimate of drug-likeness (QED) is 0.170. The fraction of sp³-hybridized carbons (Fsp3) is 0.222. The minimum absolute atomic E-state index is 0.181. The highest BCUT2D eigenvalue weighted by molar-refractivity contribution is 5.89. The van der Waals surface area contributed by atoms with Crippen molar-refractivity contribution in [2.75, 3.05) is 14.2 Å². The van der Waals surface area contributed by atoms with Crippen LogP contribution in [0.25, 0.3) is 6.08 Å². The van der Waals surface area contributed by atoms with Gasteiger partial charge in [-0.2, -0.15) is 5.26 Å².